The number of alkyl halides is 6. The SMILES string of the molecule is COC(=O)C(O)(c1cn(-c2ccc(Oc3ccc(C#N)c(C(F)(F)F)c3)cc2)c2ccccc12)C(F)(F)F. The summed E-state index contributed by atoms with van der Waals surface area (Å²) < 4.78 is 92.5. The van der Waals surface area contributed by atoms with Crippen molar-refractivity contribution in [2.24, 2.45) is 0 Å². The predicted molar refractivity (Wildman–Crippen MR) is 121 cm³/mol. The average molecular weight is 534 g/mol. The van der Waals surface area contributed by atoms with Crippen molar-refractivity contribution in [1.29, 1.82) is 5.26 Å². The number of esters is 1. The molecule has 3 aromatic carbocycles. The van der Waals surface area contributed by atoms with E-state index in [-0.39, 0.29) is 22.4 Å². The fraction of sp³-hybridized carbons (Fsp3) is 0.154. The van der Waals surface area contributed by atoms with Crippen LogP contribution in [0.25, 0.3) is 16.6 Å². The highest BCUT2D eigenvalue weighted by Gasteiger charge is 2.63. The van der Waals surface area contributed by atoms with Gasteiger partial charge in [-0.2, -0.15) is 31.6 Å². The Morgan fingerprint density at radius 1 is 0.921 bits per heavy atom. The van der Waals surface area contributed by atoms with E-state index < -0.39 is 40.6 Å². The number of hydrogen-bond donors (Lipinski definition) is 1. The third kappa shape index (κ3) is 4.52. The van der Waals surface area contributed by atoms with Crippen molar-refractivity contribution < 1.29 is 45.7 Å². The molecule has 12 heteroatoms. The van der Waals surface area contributed by atoms with Gasteiger partial charge >= 0.3 is 18.3 Å². The number of carbonyl (C=O) groups excluding carboxylic acids is 1. The first-order valence-electron chi connectivity index (χ1n) is 10.7. The molecule has 0 saturated carbocycles. The quantitative estimate of drug-likeness (QED) is 0.242. The van der Waals surface area contributed by atoms with Crippen LogP contribution in [-0.2, 0) is 21.3 Å². The van der Waals surface area contributed by atoms with E-state index >= 15 is 0 Å². The van der Waals surface area contributed by atoms with Crippen LogP contribution in [0.15, 0.2) is 72.9 Å². The number of benzene rings is 3. The zero-order valence-corrected chi connectivity index (χ0v) is 19.3. The van der Waals surface area contributed by atoms with Gasteiger partial charge in [0.05, 0.1) is 29.8 Å². The van der Waals surface area contributed by atoms with Gasteiger partial charge in [0, 0.05) is 22.8 Å². The summed E-state index contributed by atoms with van der Waals surface area (Å²) in [5, 5.41) is 19.4. The van der Waals surface area contributed by atoms with Crippen LogP contribution in [0, 0.1) is 11.3 Å². The minimum Gasteiger partial charge on any atom is -0.466 e. The number of aliphatic hydroxyl groups is 1. The minimum atomic E-state index is -5.40. The third-order valence-corrected chi connectivity index (χ3v) is 5.76. The molecular weight excluding hydrogens is 518 g/mol. The van der Waals surface area contributed by atoms with Crippen LogP contribution in [0.2, 0.25) is 0 Å². The second-order valence-electron chi connectivity index (χ2n) is 8.04. The van der Waals surface area contributed by atoms with Crippen LogP contribution in [-0.4, -0.2) is 28.9 Å². The molecule has 1 heterocycles. The second-order valence-corrected chi connectivity index (χ2v) is 8.04. The largest absolute Gasteiger partial charge is 0.466 e. The summed E-state index contributed by atoms with van der Waals surface area (Å²) in [4.78, 5) is 12.1. The number of rotatable bonds is 5. The van der Waals surface area contributed by atoms with Crippen molar-refractivity contribution in [2.45, 2.75) is 18.0 Å². The van der Waals surface area contributed by atoms with Crippen molar-refractivity contribution >= 4 is 16.9 Å². The van der Waals surface area contributed by atoms with Crippen molar-refractivity contribution in [1.82, 2.24) is 4.57 Å². The van der Waals surface area contributed by atoms with Gasteiger partial charge in [0.25, 0.3) is 5.60 Å². The average Bonchev–Trinajstić information content (AvgIpc) is 3.27. The zero-order valence-electron chi connectivity index (χ0n) is 19.3. The smallest absolute Gasteiger partial charge is 0.432 e. The van der Waals surface area contributed by atoms with Crippen LogP contribution in [0.3, 0.4) is 0 Å². The number of methoxy groups -OCH3 is 1. The summed E-state index contributed by atoms with van der Waals surface area (Å²) in [6.45, 7) is 0. The van der Waals surface area contributed by atoms with Gasteiger partial charge in [0.15, 0.2) is 0 Å². The standard InChI is InChI=1S/C26H16F6N2O4/c1-37-23(35)24(36,26(30,31)32)21-14-34(22-5-3-2-4-19(21)22)16-7-10-17(11-8-16)38-18-9-6-15(13-33)20(12-18)25(27,28)29/h2-12,14,36H,1H3. The minimum absolute atomic E-state index is 0.0599. The summed E-state index contributed by atoms with van der Waals surface area (Å²) in [7, 11) is 0.725. The lowest BCUT2D eigenvalue weighted by Crippen LogP contribution is -2.49. The van der Waals surface area contributed by atoms with E-state index in [1.165, 1.54) is 59.2 Å². The van der Waals surface area contributed by atoms with E-state index in [1.54, 1.807) is 6.07 Å². The lowest BCUT2D eigenvalue weighted by Gasteiger charge is -2.27. The Balaban J connectivity index is 1.74. The first-order chi connectivity index (χ1) is 17.8. The maximum atomic E-state index is 13.9. The third-order valence-electron chi connectivity index (χ3n) is 5.76. The molecule has 0 bridgehead atoms. The van der Waals surface area contributed by atoms with E-state index in [1.807, 2.05) is 0 Å². The molecule has 0 fully saturated rings. The van der Waals surface area contributed by atoms with E-state index in [0.717, 1.165) is 19.4 Å². The Bertz CT molecular complexity index is 1550. The van der Waals surface area contributed by atoms with Crippen LogP contribution >= 0.6 is 0 Å². The summed E-state index contributed by atoms with van der Waals surface area (Å²) in [6, 6.07) is 15.7. The predicted octanol–water partition coefficient (Wildman–Crippen LogP) is 6.24. The summed E-state index contributed by atoms with van der Waals surface area (Å²) in [5.74, 6) is -1.99. The number of nitrogens with zero attached hydrogens (tertiary/aromatic N) is 2. The van der Waals surface area contributed by atoms with E-state index in [0.29, 0.717) is 11.8 Å². The maximum absolute atomic E-state index is 13.9. The monoisotopic (exact) mass is 534 g/mol. The summed E-state index contributed by atoms with van der Waals surface area (Å²) in [6.07, 6.45) is -9.21. The lowest BCUT2D eigenvalue weighted by molar-refractivity contribution is -0.266. The van der Waals surface area contributed by atoms with Crippen molar-refractivity contribution in [3.05, 3.63) is 89.6 Å². The topological polar surface area (TPSA) is 84.5 Å². The molecule has 196 valence electrons. The molecule has 0 spiro atoms. The molecule has 4 rings (SSSR count). The van der Waals surface area contributed by atoms with Crippen molar-refractivity contribution in [3.8, 4) is 23.3 Å². The van der Waals surface area contributed by atoms with E-state index in [9.17, 15) is 36.2 Å². The lowest BCUT2D eigenvalue weighted by atomic mass is 9.93. The highest BCUT2D eigenvalue weighted by Crippen LogP contribution is 2.44. The van der Waals surface area contributed by atoms with Crippen LogP contribution in [0.1, 0.15) is 16.7 Å². The Hall–Kier alpha value is -4.50. The molecular formula is C26H16F6N2O4. The number of fused-ring (bicyclic) bond motifs is 1. The molecule has 4 aromatic rings. The molecule has 1 atom stereocenters. The maximum Gasteiger partial charge on any atom is 0.432 e. The number of ether oxygens (including phenoxy) is 2. The number of halogens is 6. The van der Waals surface area contributed by atoms with E-state index in [4.69, 9.17) is 10.00 Å². The molecule has 1 aromatic heterocycles. The molecule has 0 aliphatic rings. The van der Waals surface area contributed by atoms with Gasteiger partial charge in [-0.1, -0.05) is 18.2 Å². The number of hydrogen-bond acceptors (Lipinski definition) is 5. The van der Waals surface area contributed by atoms with Crippen molar-refractivity contribution in [2.75, 3.05) is 7.11 Å². The molecule has 0 amide bonds. The van der Waals surface area contributed by atoms with Crippen molar-refractivity contribution in [3.63, 3.8) is 0 Å². The fourth-order valence-corrected chi connectivity index (χ4v) is 3.94. The van der Waals surface area contributed by atoms with Gasteiger partial charge in [0.2, 0.25) is 0 Å². The highest BCUT2D eigenvalue weighted by atomic mass is 19.4. The van der Waals surface area contributed by atoms with Gasteiger partial charge < -0.3 is 19.1 Å². The molecule has 1 N–H and O–H groups in total. The Kier molecular flexibility index (Phi) is 6.59. The van der Waals surface area contributed by atoms with Gasteiger partial charge in [-0.05, 0) is 48.5 Å². The summed E-state index contributed by atoms with van der Waals surface area (Å²) >= 11 is 0. The Labute approximate surface area is 210 Å². The summed E-state index contributed by atoms with van der Waals surface area (Å²) in [5.41, 5.74) is -5.90. The van der Waals surface area contributed by atoms with Crippen LogP contribution < -0.4 is 4.74 Å². The second kappa shape index (κ2) is 9.42. The van der Waals surface area contributed by atoms with Crippen LogP contribution in [0.5, 0.6) is 11.5 Å². The number of aromatic nitrogens is 1. The van der Waals surface area contributed by atoms with Crippen LogP contribution in [0.4, 0.5) is 26.3 Å². The molecule has 0 saturated heterocycles. The van der Waals surface area contributed by atoms with Gasteiger partial charge in [-0.25, -0.2) is 4.79 Å². The molecule has 0 aliphatic heterocycles. The number of nitriles is 1. The molecule has 0 radical (unpaired) electrons. The number of para-hydroxylation sites is 1. The van der Waals surface area contributed by atoms with Gasteiger partial charge in [0.1, 0.15) is 11.5 Å². The fourth-order valence-electron chi connectivity index (χ4n) is 3.94. The molecule has 38 heavy (non-hydrogen) atoms. The van der Waals surface area contributed by atoms with Gasteiger partial charge in [-0.15, -0.1) is 0 Å². The molecule has 1 unspecified atom stereocenters. The van der Waals surface area contributed by atoms with Gasteiger partial charge in [-0.3, -0.25) is 0 Å². The normalized spacial score (nSPS) is 13.6. The first kappa shape index (κ1) is 26.6. The Morgan fingerprint density at radius 2 is 1.55 bits per heavy atom. The molecule has 6 nitrogen and oxygen atoms in total. The highest BCUT2D eigenvalue weighted by molar-refractivity contribution is 5.93. The zero-order chi connectivity index (χ0) is 27.9. The number of carbonyl (C=O) groups is 1. The molecule has 0 aliphatic carbocycles. The van der Waals surface area contributed by atoms with E-state index in [2.05, 4.69) is 4.74 Å². The first-order valence-corrected chi connectivity index (χ1v) is 10.7. The Morgan fingerprint density at radius 3 is 2.13 bits per heavy atom.